The van der Waals surface area contributed by atoms with Crippen LogP contribution in [0.25, 0.3) is 0 Å². The van der Waals surface area contributed by atoms with Crippen LogP contribution in [0.5, 0.6) is 17.2 Å². The molecular formula is C20H25NO7. The Kier molecular flexibility index (Phi) is 8.61. The van der Waals surface area contributed by atoms with Crippen molar-refractivity contribution >= 4 is 17.6 Å². The molecule has 0 aliphatic heterocycles. The molecule has 0 fully saturated rings. The number of carbonyl (C=O) groups is 2. The number of rotatable bonds is 6. The van der Waals surface area contributed by atoms with E-state index >= 15 is 0 Å². The largest absolute Gasteiger partial charge is 0.493 e. The molecule has 8 nitrogen and oxygen atoms in total. The topological polar surface area (TPSA) is 114 Å². The van der Waals surface area contributed by atoms with Crippen molar-refractivity contribution in [3.05, 3.63) is 47.0 Å². The van der Waals surface area contributed by atoms with E-state index in [0.717, 1.165) is 11.3 Å². The Morgan fingerprint density at radius 1 is 0.857 bits per heavy atom. The Labute approximate surface area is 163 Å². The minimum absolute atomic E-state index is 0.615. The van der Waals surface area contributed by atoms with Gasteiger partial charge in [-0.05, 0) is 49.2 Å². The molecule has 2 aromatic rings. The third kappa shape index (κ3) is 6.39. The van der Waals surface area contributed by atoms with Crippen LogP contribution in [0.15, 0.2) is 30.3 Å². The molecule has 28 heavy (non-hydrogen) atoms. The summed E-state index contributed by atoms with van der Waals surface area (Å²) in [5.74, 6) is -1.68. The molecule has 2 aromatic carbocycles. The molecule has 0 aliphatic carbocycles. The number of carboxylic acids is 2. The normalized spacial score (nSPS) is 9.61. The van der Waals surface area contributed by atoms with E-state index in [4.69, 9.17) is 34.0 Å². The Hall–Kier alpha value is -3.42. The molecule has 0 saturated heterocycles. The standard InChI is InChI=1S/C18H23NO3.C2H2O4/c1-12-8-13(2)10-15(9-12)19-11-14-6-7-16(20-3)18(22-5)17(14)21-4;3-1(4)2(5)6/h6-10,19H,11H2,1-5H3;(H,3,4)(H,5,6). The highest BCUT2D eigenvalue weighted by Gasteiger charge is 2.15. The average molecular weight is 391 g/mol. The van der Waals surface area contributed by atoms with Gasteiger partial charge in [0.25, 0.3) is 0 Å². The molecule has 0 unspecified atom stereocenters. The third-order valence-electron chi connectivity index (χ3n) is 3.67. The fourth-order valence-corrected chi connectivity index (χ4v) is 2.58. The van der Waals surface area contributed by atoms with Gasteiger partial charge in [-0.3, -0.25) is 0 Å². The fraction of sp³-hybridized carbons (Fsp3) is 0.300. The summed E-state index contributed by atoms with van der Waals surface area (Å²) in [7, 11) is 4.86. The molecule has 0 spiro atoms. The zero-order valence-corrected chi connectivity index (χ0v) is 16.5. The van der Waals surface area contributed by atoms with Gasteiger partial charge in [-0.15, -0.1) is 0 Å². The Balaban J connectivity index is 0.000000568. The van der Waals surface area contributed by atoms with Crippen molar-refractivity contribution in [2.24, 2.45) is 0 Å². The number of methoxy groups -OCH3 is 3. The second-order valence-electron chi connectivity index (χ2n) is 5.83. The van der Waals surface area contributed by atoms with Crippen molar-refractivity contribution in [1.82, 2.24) is 0 Å². The van der Waals surface area contributed by atoms with E-state index in [2.05, 4.69) is 37.4 Å². The predicted octanol–water partition coefficient (Wildman–Crippen LogP) is 3.10. The average Bonchev–Trinajstić information content (AvgIpc) is 2.64. The Morgan fingerprint density at radius 2 is 1.39 bits per heavy atom. The molecule has 0 radical (unpaired) electrons. The van der Waals surface area contributed by atoms with Gasteiger partial charge in [0, 0.05) is 17.8 Å². The van der Waals surface area contributed by atoms with Gasteiger partial charge >= 0.3 is 11.9 Å². The molecule has 152 valence electrons. The maximum atomic E-state index is 9.10. The highest BCUT2D eigenvalue weighted by Crippen LogP contribution is 2.39. The molecular weight excluding hydrogens is 366 g/mol. The van der Waals surface area contributed by atoms with E-state index < -0.39 is 11.9 Å². The summed E-state index contributed by atoms with van der Waals surface area (Å²) in [5, 5.41) is 18.2. The lowest BCUT2D eigenvalue weighted by Crippen LogP contribution is -2.09. The van der Waals surface area contributed by atoms with E-state index in [1.807, 2.05) is 12.1 Å². The molecule has 0 atom stereocenters. The van der Waals surface area contributed by atoms with Crippen LogP contribution in [0.3, 0.4) is 0 Å². The summed E-state index contributed by atoms with van der Waals surface area (Å²) in [4.78, 5) is 18.2. The van der Waals surface area contributed by atoms with Gasteiger partial charge in [0.05, 0.1) is 21.3 Å². The predicted molar refractivity (Wildman–Crippen MR) is 105 cm³/mol. The minimum atomic E-state index is -1.82. The van der Waals surface area contributed by atoms with Crippen LogP contribution in [0, 0.1) is 13.8 Å². The fourth-order valence-electron chi connectivity index (χ4n) is 2.58. The van der Waals surface area contributed by atoms with Gasteiger partial charge in [-0.2, -0.15) is 0 Å². The van der Waals surface area contributed by atoms with Crippen LogP contribution < -0.4 is 19.5 Å². The van der Waals surface area contributed by atoms with Crippen molar-refractivity contribution in [2.75, 3.05) is 26.6 Å². The zero-order valence-electron chi connectivity index (χ0n) is 16.5. The van der Waals surface area contributed by atoms with Crippen LogP contribution in [-0.2, 0) is 16.1 Å². The first-order chi connectivity index (χ1) is 13.2. The summed E-state index contributed by atoms with van der Waals surface area (Å²) in [6, 6.07) is 10.3. The number of hydrogen-bond donors (Lipinski definition) is 3. The molecule has 0 aliphatic rings. The van der Waals surface area contributed by atoms with E-state index in [1.165, 1.54) is 11.1 Å². The molecule has 0 bridgehead atoms. The number of hydrogen-bond acceptors (Lipinski definition) is 6. The smallest absolute Gasteiger partial charge is 0.414 e. The number of aliphatic carboxylic acids is 2. The minimum Gasteiger partial charge on any atom is -0.493 e. The van der Waals surface area contributed by atoms with Crippen LogP contribution >= 0.6 is 0 Å². The summed E-state index contributed by atoms with van der Waals surface area (Å²) in [5.41, 5.74) is 4.58. The molecule has 3 N–H and O–H groups in total. The first kappa shape index (κ1) is 22.6. The maximum Gasteiger partial charge on any atom is 0.414 e. The number of carboxylic acid groups (broad SMARTS) is 2. The number of aryl methyl sites for hydroxylation is 2. The van der Waals surface area contributed by atoms with Gasteiger partial charge < -0.3 is 29.7 Å². The Morgan fingerprint density at radius 3 is 1.82 bits per heavy atom. The quantitative estimate of drug-likeness (QED) is 0.644. The van der Waals surface area contributed by atoms with E-state index in [0.29, 0.717) is 23.8 Å². The van der Waals surface area contributed by atoms with Crippen molar-refractivity contribution in [3.8, 4) is 17.2 Å². The second-order valence-corrected chi connectivity index (χ2v) is 5.83. The van der Waals surface area contributed by atoms with Crippen molar-refractivity contribution in [3.63, 3.8) is 0 Å². The van der Waals surface area contributed by atoms with Gasteiger partial charge in [0.2, 0.25) is 5.75 Å². The maximum absolute atomic E-state index is 9.10. The van der Waals surface area contributed by atoms with Crippen LogP contribution in [0.1, 0.15) is 16.7 Å². The molecule has 0 saturated carbocycles. The monoisotopic (exact) mass is 391 g/mol. The van der Waals surface area contributed by atoms with Crippen LogP contribution in [0.4, 0.5) is 5.69 Å². The third-order valence-corrected chi connectivity index (χ3v) is 3.67. The summed E-state index contributed by atoms with van der Waals surface area (Å²) in [6.07, 6.45) is 0. The zero-order chi connectivity index (χ0) is 21.3. The summed E-state index contributed by atoms with van der Waals surface area (Å²) < 4.78 is 16.2. The first-order valence-electron chi connectivity index (χ1n) is 8.29. The number of nitrogens with one attached hydrogen (secondary N) is 1. The summed E-state index contributed by atoms with van der Waals surface area (Å²) >= 11 is 0. The van der Waals surface area contributed by atoms with Gasteiger partial charge in [0.1, 0.15) is 0 Å². The lowest BCUT2D eigenvalue weighted by Gasteiger charge is -2.16. The van der Waals surface area contributed by atoms with Crippen LogP contribution in [0.2, 0.25) is 0 Å². The number of benzene rings is 2. The van der Waals surface area contributed by atoms with Crippen molar-refractivity contribution in [2.45, 2.75) is 20.4 Å². The molecule has 8 heteroatoms. The van der Waals surface area contributed by atoms with E-state index in [-0.39, 0.29) is 0 Å². The highest BCUT2D eigenvalue weighted by atomic mass is 16.5. The lowest BCUT2D eigenvalue weighted by molar-refractivity contribution is -0.159. The van der Waals surface area contributed by atoms with Crippen LogP contribution in [-0.4, -0.2) is 43.5 Å². The molecule has 0 aromatic heterocycles. The highest BCUT2D eigenvalue weighted by molar-refractivity contribution is 6.27. The second kappa shape index (κ2) is 10.7. The first-order valence-corrected chi connectivity index (χ1v) is 8.29. The molecule has 2 rings (SSSR count). The summed E-state index contributed by atoms with van der Waals surface area (Å²) in [6.45, 7) is 4.83. The SMILES string of the molecule is COc1ccc(CNc2cc(C)cc(C)c2)c(OC)c1OC.O=C(O)C(=O)O. The van der Waals surface area contributed by atoms with Crippen molar-refractivity contribution in [1.29, 1.82) is 0 Å². The lowest BCUT2D eigenvalue weighted by atomic mass is 10.1. The van der Waals surface area contributed by atoms with E-state index in [1.54, 1.807) is 21.3 Å². The Bertz CT molecular complexity index is 801. The van der Waals surface area contributed by atoms with E-state index in [9.17, 15) is 0 Å². The van der Waals surface area contributed by atoms with Gasteiger partial charge in [-0.1, -0.05) is 6.07 Å². The van der Waals surface area contributed by atoms with Gasteiger partial charge in [0.15, 0.2) is 11.5 Å². The molecule has 0 heterocycles. The van der Waals surface area contributed by atoms with Crippen molar-refractivity contribution < 1.29 is 34.0 Å². The number of ether oxygens (including phenoxy) is 3. The molecule has 0 amide bonds. The van der Waals surface area contributed by atoms with Gasteiger partial charge in [-0.25, -0.2) is 9.59 Å². The number of anilines is 1.